The molecule has 1 aliphatic heterocycles. The minimum absolute atomic E-state index is 0.0120. The molecule has 1 saturated heterocycles. The molecule has 5 nitrogen and oxygen atoms in total. The Labute approximate surface area is 186 Å². The molecule has 164 valence electrons. The highest BCUT2D eigenvalue weighted by molar-refractivity contribution is 7.22. The maximum absolute atomic E-state index is 13.3. The third-order valence-electron chi connectivity index (χ3n) is 5.58. The summed E-state index contributed by atoms with van der Waals surface area (Å²) in [4.78, 5) is 22.3. The first-order valence-electron chi connectivity index (χ1n) is 10.7. The number of aryl methyl sites for hydroxylation is 2. The largest absolute Gasteiger partial charge is 0.379 e. The van der Waals surface area contributed by atoms with E-state index in [-0.39, 0.29) is 18.1 Å². The van der Waals surface area contributed by atoms with Crippen LogP contribution < -0.4 is 4.90 Å². The fourth-order valence-corrected chi connectivity index (χ4v) is 5.14. The van der Waals surface area contributed by atoms with Crippen molar-refractivity contribution < 1.29 is 13.9 Å². The van der Waals surface area contributed by atoms with Gasteiger partial charge >= 0.3 is 0 Å². The van der Waals surface area contributed by atoms with Crippen molar-refractivity contribution in [2.75, 3.05) is 44.3 Å². The molecule has 0 N–H and O–H groups in total. The van der Waals surface area contributed by atoms with Gasteiger partial charge in [-0.05, 0) is 55.2 Å². The summed E-state index contributed by atoms with van der Waals surface area (Å²) >= 11 is 1.56. The van der Waals surface area contributed by atoms with Gasteiger partial charge in [-0.3, -0.25) is 14.6 Å². The summed E-state index contributed by atoms with van der Waals surface area (Å²) in [6.07, 6.45) is 1.09. The second kappa shape index (κ2) is 9.85. The predicted octanol–water partition coefficient (Wildman–Crippen LogP) is 4.35. The molecule has 4 rings (SSSR count). The van der Waals surface area contributed by atoms with E-state index in [1.54, 1.807) is 23.5 Å². The number of morpholine rings is 1. The Balaban J connectivity index is 1.54. The zero-order chi connectivity index (χ0) is 21.8. The van der Waals surface area contributed by atoms with Gasteiger partial charge in [-0.15, -0.1) is 0 Å². The SMILES string of the molecule is Cc1cc(C)c2nc(N(CCCN3CCOCC3)C(=O)Cc3ccc(F)cc3)sc2c1. The smallest absolute Gasteiger partial charge is 0.233 e. The van der Waals surface area contributed by atoms with Crippen LogP contribution in [-0.2, 0) is 16.0 Å². The third-order valence-corrected chi connectivity index (χ3v) is 6.60. The van der Waals surface area contributed by atoms with E-state index >= 15 is 0 Å². The maximum atomic E-state index is 13.3. The van der Waals surface area contributed by atoms with Crippen LogP contribution in [0.3, 0.4) is 0 Å². The minimum atomic E-state index is -0.296. The van der Waals surface area contributed by atoms with Crippen molar-refractivity contribution in [3.8, 4) is 0 Å². The number of halogens is 1. The molecule has 0 saturated carbocycles. The number of carbonyl (C=O) groups is 1. The van der Waals surface area contributed by atoms with E-state index in [1.807, 2.05) is 4.90 Å². The molecule has 1 aromatic heterocycles. The monoisotopic (exact) mass is 441 g/mol. The molecule has 1 fully saturated rings. The van der Waals surface area contributed by atoms with Crippen molar-refractivity contribution in [2.45, 2.75) is 26.7 Å². The van der Waals surface area contributed by atoms with E-state index in [9.17, 15) is 9.18 Å². The first kappa shape index (κ1) is 21.9. The molecule has 3 aromatic rings. The van der Waals surface area contributed by atoms with Gasteiger partial charge in [0.05, 0.1) is 29.9 Å². The number of amides is 1. The average Bonchev–Trinajstić information content (AvgIpc) is 3.17. The fraction of sp³-hybridized carbons (Fsp3) is 0.417. The molecular formula is C24H28FN3O2S. The topological polar surface area (TPSA) is 45.7 Å². The summed E-state index contributed by atoms with van der Waals surface area (Å²) in [6.45, 7) is 9.06. The Morgan fingerprint density at radius 3 is 2.68 bits per heavy atom. The zero-order valence-electron chi connectivity index (χ0n) is 18.1. The summed E-state index contributed by atoms with van der Waals surface area (Å²) in [5.74, 6) is -0.308. The van der Waals surface area contributed by atoms with Gasteiger partial charge in [0.15, 0.2) is 5.13 Å². The number of ether oxygens (including phenoxy) is 1. The zero-order valence-corrected chi connectivity index (χ0v) is 18.9. The highest BCUT2D eigenvalue weighted by Crippen LogP contribution is 2.32. The van der Waals surface area contributed by atoms with Crippen LogP contribution >= 0.6 is 11.3 Å². The molecule has 7 heteroatoms. The molecule has 2 aromatic carbocycles. The van der Waals surface area contributed by atoms with E-state index in [1.165, 1.54) is 17.7 Å². The van der Waals surface area contributed by atoms with Gasteiger partial charge in [0.25, 0.3) is 0 Å². The molecule has 0 aliphatic carbocycles. The van der Waals surface area contributed by atoms with E-state index in [0.717, 1.165) is 65.7 Å². The van der Waals surface area contributed by atoms with Crippen LogP contribution in [0.25, 0.3) is 10.2 Å². The molecule has 0 radical (unpaired) electrons. The van der Waals surface area contributed by atoms with Crippen LogP contribution in [0, 0.1) is 19.7 Å². The highest BCUT2D eigenvalue weighted by Gasteiger charge is 2.21. The third kappa shape index (κ3) is 5.47. The Hall–Kier alpha value is -2.35. The molecule has 0 atom stereocenters. The Bertz CT molecular complexity index is 1040. The van der Waals surface area contributed by atoms with Crippen LogP contribution in [0.1, 0.15) is 23.1 Å². The maximum Gasteiger partial charge on any atom is 0.233 e. The Morgan fingerprint density at radius 2 is 1.94 bits per heavy atom. The highest BCUT2D eigenvalue weighted by atomic mass is 32.1. The van der Waals surface area contributed by atoms with Crippen LogP contribution in [0.15, 0.2) is 36.4 Å². The number of carbonyl (C=O) groups excluding carboxylic acids is 1. The van der Waals surface area contributed by atoms with Crippen molar-refractivity contribution in [1.82, 2.24) is 9.88 Å². The number of fused-ring (bicyclic) bond motifs is 1. The summed E-state index contributed by atoms with van der Waals surface area (Å²) in [6, 6.07) is 10.4. The second-order valence-electron chi connectivity index (χ2n) is 8.08. The number of nitrogens with zero attached hydrogens (tertiary/aromatic N) is 3. The number of benzene rings is 2. The standard InChI is InChI=1S/C24H28FN3O2S/c1-17-14-18(2)23-21(15-17)31-24(26-23)28(9-3-8-27-10-12-30-13-11-27)22(29)16-19-4-6-20(25)7-5-19/h4-7,14-15H,3,8-13,16H2,1-2H3. The van der Waals surface area contributed by atoms with Crippen LogP contribution in [0.4, 0.5) is 9.52 Å². The molecule has 1 aliphatic rings. The second-order valence-corrected chi connectivity index (χ2v) is 9.09. The number of hydrogen-bond acceptors (Lipinski definition) is 5. The molecule has 31 heavy (non-hydrogen) atoms. The first-order valence-corrected chi connectivity index (χ1v) is 11.5. The van der Waals surface area contributed by atoms with Crippen LogP contribution in [-0.4, -0.2) is 55.2 Å². The van der Waals surface area contributed by atoms with Crippen molar-refractivity contribution in [3.63, 3.8) is 0 Å². The number of rotatable bonds is 7. The van der Waals surface area contributed by atoms with Crippen molar-refractivity contribution in [2.24, 2.45) is 0 Å². The van der Waals surface area contributed by atoms with Gasteiger partial charge in [-0.25, -0.2) is 9.37 Å². The van der Waals surface area contributed by atoms with Gasteiger partial charge in [0.1, 0.15) is 5.82 Å². The summed E-state index contributed by atoms with van der Waals surface area (Å²) in [5.41, 5.74) is 4.07. The number of thiazole rings is 1. The lowest BCUT2D eigenvalue weighted by molar-refractivity contribution is -0.118. The Kier molecular flexibility index (Phi) is 6.95. The van der Waals surface area contributed by atoms with Gasteiger partial charge < -0.3 is 4.74 Å². The van der Waals surface area contributed by atoms with Crippen LogP contribution in [0.2, 0.25) is 0 Å². The van der Waals surface area contributed by atoms with Crippen molar-refractivity contribution in [3.05, 3.63) is 58.9 Å². The van der Waals surface area contributed by atoms with Gasteiger partial charge in [0.2, 0.25) is 5.91 Å². The van der Waals surface area contributed by atoms with E-state index < -0.39 is 0 Å². The van der Waals surface area contributed by atoms with Crippen LogP contribution in [0.5, 0.6) is 0 Å². The predicted molar refractivity (Wildman–Crippen MR) is 123 cm³/mol. The van der Waals surface area contributed by atoms with Gasteiger partial charge in [-0.1, -0.05) is 29.5 Å². The lowest BCUT2D eigenvalue weighted by atomic mass is 10.1. The first-order chi connectivity index (χ1) is 15.0. The normalized spacial score (nSPS) is 14.8. The lowest BCUT2D eigenvalue weighted by Gasteiger charge is -2.27. The summed E-state index contributed by atoms with van der Waals surface area (Å²) in [5, 5.41) is 0.734. The summed E-state index contributed by atoms with van der Waals surface area (Å²) in [7, 11) is 0. The number of aromatic nitrogens is 1. The lowest BCUT2D eigenvalue weighted by Crippen LogP contribution is -2.39. The molecule has 0 unspecified atom stereocenters. The number of hydrogen-bond donors (Lipinski definition) is 0. The Morgan fingerprint density at radius 1 is 1.19 bits per heavy atom. The number of anilines is 1. The van der Waals surface area contributed by atoms with Gasteiger partial charge in [0, 0.05) is 26.2 Å². The molecule has 2 heterocycles. The molecule has 1 amide bonds. The van der Waals surface area contributed by atoms with E-state index in [2.05, 4.69) is 30.9 Å². The van der Waals surface area contributed by atoms with Crippen molar-refractivity contribution in [1.29, 1.82) is 0 Å². The summed E-state index contributed by atoms with van der Waals surface area (Å²) < 4.78 is 19.8. The minimum Gasteiger partial charge on any atom is -0.379 e. The average molecular weight is 442 g/mol. The quantitative estimate of drug-likeness (QED) is 0.547. The molecule has 0 bridgehead atoms. The molecule has 0 spiro atoms. The van der Waals surface area contributed by atoms with Crippen molar-refractivity contribution >= 4 is 32.6 Å². The van der Waals surface area contributed by atoms with Gasteiger partial charge in [-0.2, -0.15) is 0 Å². The van der Waals surface area contributed by atoms with E-state index in [4.69, 9.17) is 9.72 Å². The fourth-order valence-electron chi connectivity index (χ4n) is 3.95. The molecular weight excluding hydrogens is 413 g/mol. The van der Waals surface area contributed by atoms with E-state index in [0.29, 0.717) is 6.54 Å².